The molecule has 9 nitrogen and oxygen atoms in total. The van der Waals surface area contributed by atoms with E-state index in [1.165, 1.54) is 19.1 Å². The lowest BCUT2D eigenvalue weighted by atomic mass is 10.1. The number of nitrogens with one attached hydrogen (secondary N) is 2. The number of halogens is 1. The lowest BCUT2D eigenvalue weighted by Gasteiger charge is -2.11. The van der Waals surface area contributed by atoms with Gasteiger partial charge in [0.2, 0.25) is 5.91 Å². The molecule has 0 saturated carbocycles. The highest BCUT2D eigenvalue weighted by molar-refractivity contribution is 5.97. The molecule has 0 heterocycles. The van der Waals surface area contributed by atoms with Crippen molar-refractivity contribution in [3.05, 3.63) is 39.4 Å². The number of nitro groups is 1. The van der Waals surface area contributed by atoms with Gasteiger partial charge in [-0.3, -0.25) is 19.7 Å². The SMILES string of the molecule is Cc1cc(C(=O)NCC(=O)NC(CF)C(=O)O)ccc1[N+](=O)[O-]. The molecule has 0 aliphatic heterocycles. The van der Waals surface area contributed by atoms with Gasteiger partial charge in [0.15, 0.2) is 6.04 Å². The van der Waals surface area contributed by atoms with Gasteiger partial charge in [-0.2, -0.15) is 0 Å². The van der Waals surface area contributed by atoms with Crippen LogP contribution in [0.1, 0.15) is 15.9 Å². The van der Waals surface area contributed by atoms with E-state index in [1.54, 1.807) is 0 Å². The molecule has 0 radical (unpaired) electrons. The number of amides is 2. The van der Waals surface area contributed by atoms with Crippen LogP contribution in [-0.2, 0) is 9.59 Å². The smallest absolute Gasteiger partial charge is 0.328 e. The van der Waals surface area contributed by atoms with Crippen LogP contribution in [0.3, 0.4) is 0 Å². The average molecular weight is 327 g/mol. The summed E-state index contributed by atoms with van der Waals surface area (Å²) in [6.45, 7) is -0.379. The van der Waals surface area contributed by atoms with Crippen molar-refractivity contribution in [3.63, 3.8) is 0 Å². The van der Waals surface area contributed by atoms with Crippen LogP contribution in [0.25, 0.3) is 0 Å². The third kappa shape index (κ3) is 5.02. The monoisotopic (exact) mass is 327 g/mol. The minimum Gasteiger partial charge on any atom is -0.480 e. The summed E-state index contributed by atoms with van der Waals surface area (Å²) in [5.74, 6) is -3.08. The number of rotatable bonds is 7. The molecule has 0 spiro atoms. The molecule has 0 bridgehead atoms. The lowest BCUT2D eigenvalue weighted by molar-refractivity contribution is -0.385. The second-order valence-corrected chi connectivity index (χ2v) is 4.55. The maximum absolute atomic E-state index is 12.3. The number of nitrogens with zero attached hydrogens (tertiary/aromatic N) is 1. The Labute approximate surface area is 129 Å². The van der Waals surface area contributed by atoms with E-state index in [1.807, 2.05) is 5.32 Å². The molecule has 10 heteroatoms. The highest BCUT2D eigenvalue weighted by atomic mass is 19.1. The summed E-state index contributed by atoms with van der Waals surface area (Å²) in [5, 5.41) is 23.4. The topological polar surface area (TPSA) is 139 Å². The summed E-state index contributed by atoms with van der Waals surface area (Å²) in [5.41, 5.74) is 0.225. The fourth-order valence-corrected chi connectivity index (χ4v) is 1.68. The van der Waals surface area contributed by atoms with Crippen LogP contribution in [0.4, 0.5) is 10.1 Å². The Balaban J connectivity index is 2.63. The summed E-state index contributed by atoms with van der Waals surface area (Å²) < 4.78 is 12.3. The summed E-state index contributed by atoms with van der Waals surface area (Å²) in [6, 6.07) is 1.99. The molecule has 23 heavy (non-hydrogen) atoms. The molecule has 3 N–H and O–H groups in total. The minimum atomic E-state index is -1.68. The molecule has 0 saturated heterocycles. The molecule has 0 aliphatic carbocycles. The number of aryl methyl sites for hydroxylation is 1. The third-order valence-electron chi connectivity index (χ3n) is 2.85. The van der Waals surface area contributed by atoms with E-state index >= 15 is 0 Å². The van der Waals surface area contributed by atoms with Gasteiger partial charge in [-0.25, -0.2) is 9.18 Å². The van der Waals surface area contributed by atoms with Gasteiger partial charge in [0.25, 0.3) is 11.6 Å². The van der Waals surface area contributed by atoms with Crippen molar-refractivity contribution >= 4 is 23.5 Å². The molecule has 0 aliphatic rings. The van der Waals surface area contributed by atoms with Crippen LogP contribution < -0.4 is 10.6 Å². The molecule has 1 aromatic rings. The minimum absolute atomic E-state index is 0.0983. The number of carbonyl (C=O) groups is 3. The number of benzene rings is 1. The molecule has 2 amide bonds. The Morgan fingerprint density at radius 1 is 1.39 bits per heavy atom. The standard InChI is InChI=1S/C13H14FN3O6/c1-7-4-8(2-3-10(7)17(22)23)12(19)15-6-11(18)16-9(5-14)13(20)21/h2-4,9H,5-6H2,1H3,(H,15,19)(H,16,18)(H,20,21). The quantitative estimate of drug-likeness (QED) is 0.482. The van der Waals surface area contributed by atoms with Crippen molar-refractivity contribution in [1.29, 1.82) is 0 Å². The highest BCUT2D eigenvalue weighted by Crippen LogP contribution is 2.18. The van der Waals surface area contributed by atoms with E-state index in [-0.39, 0.29) is 16.8 Å². The number of aliphatic carboxylic acids is 1. The lowest BCUT2D eigenvalue weighted by Crippen LogP contribution is -2.46. The summed E-state index contributed by atoms with van der Waals surface area (Å²) >= 11 is 0. The number of hydrogen-bond donors (Lipinski definition) is 3. The summed E-state index contributed by atoms with van der Waals surface area (Å²) in [4.78, 5) is 43.9. The van der Waals surface area contributed by atoms with E-state index in [0.29, 0.717) is 0 Å². The molecular weight excluding hydrogens is 313 g/mol. The van der Waals surface area contributed by atoms with Crippen molar-refractivity contribution in [2.75, 3.05) is 13.2 Å². The second kappa shape index (κ2) is 7.82. The number of hydrogen-bond acceptors (Lipinski definition) is 5. The van der Waals surface area contributed by atoms with Crippen molar-refractivity contribution in [3.8, 4) is 0 Å². The second-order valence-electron chi connectivity index (χ2n) is 4.55. The van der Waals surface area contributed by atoms with Crippen molar-refractivity contribution < 1.29 is 28.8 Å². The maximum atomic E-state index is 12.3. The fourth-order valence-electron chi connectivity index (χ4n) is 1.68. The molecule has 1 aromatic carbocycles. The van der Waals surface area contributed by atoms with Crippen LogP contribution in [-0.4, -0.2) is 47.1 Å². The summed E-state index contributed by atoms with van der Waals surface area (Å²) in [6.07, 6.45) is 0. The first-order chi connectivity index (χ1) is 10.8. The van der Waals surface area contributed by atoms with Crippen LogP contribution in [0, 0.1) is 17.0 Å². The van der Waals surface area contributed by atoms with Gasteiger partial charge in [0.05, 0.1) is 11.5 Å². The Hall–Kier alpha value is -3.04. The van der Waals surface area contributed by atoms with Gasteiger partial charge in [-0.05, 0) is 19.1 Å². The van der Waals surface area contributed by atoms with Crippen LogP contribution in [0.15, 0.2) is 18.2 Å². The molecule has 1 rings (SSSR count). The number of carbonyl (C=O) groups excluding carboxylic acids is 2. The fraction of sp³-hybridized carbons (Fsp3) is 0.308. The van der Waals surface area contributed by atoms with Crippen molar-refractivity contribution in [2.45, 2.75) is 13.0 Å². The van der Waals surface area contributed by atoms with Crippen LogP contribution in [0.2, 0.25) is 0 Å². The van der Waals surface area contributed by atoms with Gasteiger partial charge in [-0.1, -0.05) is 0 Å². The third-order valence-corrected chi connectivity index (χ3v) is 2.85. The predicted molar refractivity (Wildman–Crippen MR) is 75.7 cm³/mol. The summed E-state index contributed by atoms with van der Waals surface area (Å²) in [7, 11) is 0. The number of carboxylic acids is 1. The van der Waals surface area contributed by atoms with Crippen molar-refractivity contribution in [1.82, 2.24) is 10.6 Å². The molecular formula is C13H14FN3O6. The molecule has 0 fully saturated rings. The Morgan fingerprint density at radius 2 is 2.04 bits per heavy atom. The zero-order valence-corrected chi connectivity index (χ0v) is 12.0. The van der Waals surface area contributed by atoms with E-state index < -0.39 is 42.0 Å². The predicted octanol–water partition coefficient (Wildman–Crippen LogP) is 0.172. The Bertz CT molecular complexity index is 649. The van der Waals surface area contributed by atoms with E-state index in [0.717, 1.165) is 6.07 Å². The van der Waals surface area contributed by atoms with E-state index in [4.69, 9.17) is 5.11 Å². The highest BCUT2D eigenvalue weighted by Gasteiger charge is 2.20. The van der Waals surface area contributed by atoms with Crippen molar-refractivity contribution in [2.24, 2.45) is 0 Å². The first-order valence-corrected chi connectivity index (χ1v) is 6.37. The van der Waals surface area contributed by atoms with Gasteiger partial charge in [-0.15, -0.1) is 0 Å². The van der Waals surface area contributed by atoms with Gasteiger partial charge < -0.3 is 15.7 Å². The maximum Gasteiger partial charge on any atom is 0.328 e. The number of alkyl halides is 1. The zero-order valence-electron chi connectivity index (χ0n) is 12.0. The van der Waals surface area contributed by atoms with Gasteiger partial charge in [0, 0.05) is 17.2 Å². The molecule has 0 aromatic heterocycles. The number of carboxylic acid groups (broad SMARTS) is 1. The zero-order chi connectivity index (χ0) is 17.6. The Kier molecular flexibility index (Phi) is 6.13. The van der Waals surface area contributed by atoms with E-state index in [9.17, 15) is 28.9 Å². The van der Waals surface area contributed by atoms with Crippen LogP contribution in [0.5, 0.6) is 0 Å². The van der Waals surface area contributed by atoms with E-state index in [2.05, 4.69) is 5.32 Å². The Morgan fingerprint density at radius 3 is 2.52 bits per heavy atom. The van der Waals surface area contributed by atoms with Gasteiger partial charge >= 0.3 is 5.97 Å². The van der Waals surface area contributed by atoms with Gasteiger partial charge in [0.1, 0.15) is 6.67 Å². The van der Waals surface area contributed by atoms with Crippen LogP contribution >= 0.6 is 0 Å². The molecule has 1 unspecified atom stereocenters. The first-order valence-electron chi connectivity index (χ1n) is 6.37. The number of nitro benzene ring substituents is 1. The average Bonchev–Trinajstić information content (AvgIpc) is 2.49. The normalized spacial score (nSPS) is 11.4. The largest absolute Gasteiger partial charge is 0.480 e. The first kappa shape index (κ1) is 18.0. The molecule has 1 atom stereocenters. The molecule has 124 valence electrons.